The van der Waals surface area contributed by atoms with Gasteiger partial charge in [0.1, 0.15) is 24.3 Å². The van der Waals surface area contributed by atoms with Crippen LogP contribution in [0.3, 0.4) is 0 Å². The number of carbonyl (C=O) groups is 1. The summed E-state index contributed by atoms with van der Waals surface area (Å²) in [5.41, 5.74) is 0.606. The summed E-state index contributed by atoms with van der Waals surface area (Å²) in [6, 6.07) is 8.85. The molecule has 3 fully saturated rings. The van der Waals surface area contributed by atoms with E-state index < -0.39 is 24.2 Å². The number of alkyl halides is 3. The van der Waals surface area contributed by atoms with Crippen molar-refractivity contribution in [3.63, 3.8) is 0 Å². The fourth-order valence-corrected chi connectivity index (χ4v) is 6.57. The molecule has 1 aromatic carbocycles. The Hall–Kier alpha value is -3.47. The van der Waals surface area contributed by atoms with E-state index >= 15 is 0 Å². The van der Waals surface area contributed by atoms with Gasteiger partial charge in [-0.2, -0.15) is 13.2 Å². The summed E-state index contributed by atoms with van der Waals surface area (Å²) in [5, 5.41) is 14.5. The summed E-state index contributed by atoms with van der Waals surface area (Å²) in [7, 11) is 1.92. The van der Waals surface area contributed by atoms with Crippen LogP contribution in [0.2, 0.25) is 0 Å². The zero-order valence-electron chi connectivity index (χ0n) is 22.4. The monoisotopic (exact) mass is 554 g/mol. The van der Waals surface area contributed by atoms with E-state index in [0.717, 1.165) is 43.6 Å². The molecule has 2 heterocycles. The number of benzene rings is 1. The molecule has 3 saturated carbocycles. The van der Waals surface area contributed by atoms with Gasteiger partial charge in [0.15, 0.2) is 0 Å². The maximum atomic E-state index is 13.3. The van der Waals surface area contributed by atoms with Gasteiger partial charge in [0.25, 0.3) is 11.5 Å². The lowest BCUT2D eigenvalue weighted by atomic mass is 9.43. The van der Waals surface area contributed by atoms with E-state index in [-0.39, 0.29) is 17.5 Å². The molecule has 6 rings (SSSR count). The molecule has 0 saturated heterocycles. The predicted octanol–water partition coefficient (Wildman–Crippen LogP) is 4.54. The standard InChI is InChI=1S/C29H33F3N6O2/c1-37-18-34-36-26(37)28(15-27(16-28)8-3-9-27)21-4-2-5-22(11-21)35-24(39)23-10-20(13-33-12-19-6-7-19)14-38(25(23)40)17-29(30,31)32/h2,4-5,10-11,14,18-19,33H,3,6-9,12-13,15-17H2,1H3,(H,35,39). The zero-order chi connectivity index (χ0) is 28.1. The average Bonchev–Trinajstić information content (AvgIpc) is 3.57. The van der Waals surface area contributed by atoms with Gasteiger partial charge >= 0.3 is 6.18 Å². The van der Waals surface area contributed by atoms with E-state index in [9.17, 15) is 22.8 Å². The minimum Gasteiger partial charge on any atom is -0.322 e. The second-order valence-corrected chi connectivity index (χ2v) is 12.0. The predicted molar refractivity (Wildman–Crippen MR) is 143 cm³/mol. The third kappa shape index (κ3) is 5.18. The summed E-state index contributed by atoms with van der Waals surface area (Å²) in [5.74, 6) is 0.713. The largest absolute Gasteiger partial charge is 0.406 e. The number of nitrogens with zero attached hydrogens (tertiary/aromatic N) is 4. The van der Waals surface area contributed by atoms with Gasteiger partial charge in [-0.3, -0.25) is 9.59 Å². The molecule has 0 atom stereocenters. The van der Waals surface area contributed by atoms with E-state index in [2.05, 4.69) is 20.8 Å². The van der Waals surface area contributed by atoms with Crippen LogP contribution in [0.15, 0.2) is 47.7 Å². The van der Waals surface area contributed by atoms with E-state index in [1.165, 1.54) is 31.5 Å². The number of anilines is 1. The molecule has 11 heteroatoms. The zero-order valence-corrected chi connectivity index (χ0v) is 22.4. The highest BCUT2D eigenvalue weighted by Gasteiger charge is 2.60. The maximum absolute atomic E-state index is 13.3. The van der Waals surface area contributed by atoms with Crippen molar-refractivity contribution in [2.24, 2.45) is 18.4 Å². The van der Waals surface area contributed by atoms with Gasteiger partial charge < -0.3 is 19.8 Å². The van der Waals surface area contributed by atoms with Gasteiger partial charge in [-0.25, -0.2) is 0 Å². The number of nitrogens with one attached hydrogen (secondary N) is 2. The molecule has 1 spiro atoms. The van der Waals surface area contributed by atoms with Crippen LogP contribution in [-0.2, 0) is 25.6 Å². The van der Waals surface area contributed by atoms with Crippen LogP contribution in [0.1, 0.15) is 72.3 Å². The van der Waals surface area contributed by atoms with E-state index in [1.807, 2.05) is 29.8 Å². The normalized spacial score (nSPS) is 19.2. The van der Waals surface area contributed by atoms with Crippen molar-refractivity contribution in [1.29, 1.82) is 0 Å². The number of rotatable bonds is 9. The number of hydrogen-bond acceptors (Lipinski definition) is 5. The Kier molecular flexibility index (Phi) is 6.59. The molecule has 40 heavy (non-hydrogen) atoms. The van der Waals surface area contributed by atoms with Crippen LogP contribution < -0.4 is 16.2 Å². The van der Waals surface area contributed by atoms with Gasteiger partial charge in [0.05, 0.1) is 5.41 Å². The molecule has 212 valence electrons. The van der Waals surface area contributed by atoms with Crippen LogP contribution >= 0.6 is 0 Å². The third-order valence-electron chi connectivity index (χ3n) is 8.78. The smallest absolute Gasteiger partial charge is 0.322 e. The van der Waals surface area contributed by atoms with Crippen molar-refractivity contribution in [1.82, 2.24) is 24.6 Å². The van der Waals surface area contributed by atoms with Crippen LogP contribution in [0.4, 0.5) is 18.9 Å². The number of pyridine rings is 1. The molecule has 3 aromatic rings. The summed E-state index contributed by atoms with van der Waals surface area (Å²) in [6.45, 7) is -0.437. The first-order valence-electron chi connectivity index (χ1n) is 13.8. The highest BCUT2D eigenvalue weighted by atomic mass is 19.4. The first-order valence-corrected chi connectivity index (χ1v) is 13.8. The Morgan fingerprint density at radius 2 is 1.95 bits per heavy atom. The van der Waals surface area contributed by atoms with Crippen LogP contribution in [0.5, 0.6) is 0 Å². The highest BCUT2D eigenvalue weighted by Crippen LogP contribution is 2.66. The molecule has 3 aliphatic carbocycles. The SMILES string of the molecule is Cn1cnnc1C1(c2cccc(NC(=O)c3cc(CNCC4CC4)cn(CC(F)(F)F)c3=O)c2)CC2(CCC2)C1. The summed E-state index contributed by atoms with van der Waals surface area (Å²) in [6.07, 6.45) is 6.05. The molecule has 8 nitrogen and oxygen atoms in total. The van der Waals surface area contributed by atoms with Crippen molar-refractivity contribution in [3.05, 3.63) is 75.7 Å². The molecule has 1 amide bonds. The number of carbonyl (C=O) groups excluding carboxylic acids is 1. The van der Waals surface area contributed by atoms with E-state index in [1.54, 1.807) is 12.4 Å². The van der Waals surface area contributed by atoms with Crippen LogP contribution in [0.25, 0.3) is 0 Å². The molecule has 0 unspecified atom stereocenters. The topological polar surface area (TPSA) is 93.8 Å². The first-order chi connectivity index (χ1) is 19.1. The van der Waals surface area contributed by atoms with Crippen molar-refractivity contribution in [3.8, 4) is 0 Å². The fourth-order valence-electron chi connectivity index (χ4n) is 6.57. The van der Waals surface area contributed by atoms with E-state index in [0.29, 0.717) is 27.2 Å². The van der Waals surface area contributed by atoms with Crippen molar-refractivity contribution < 1.29 is 18.0 Å². The second kappa shape index (κ2) is 9.87. The summed E-state index contributed by atoms with van der Waals surface area (Å²) in [4.78, 5) is 26.3. The molecule has 0 bridgehead atoms. The van der Waals surface area contributed by atoms with Crippen LogP contribution in [-0.4, -0.2) is 38.0 Å². The molecular formula is C29H33F3N6O2. The minimum absolute atomic E-state index is 0.270. The van der Waals surface area contributed by atoms with Gasteiger partial charge in [-0.1, -0.05) is 18.6 Å². The third-order valence-corrected chi connectivity index (χ3v) is 8.78. The van der Waals surface area contributed by atoms with Gasteiger partial charge in [0, 0.05) is 25.5 Å². The second-order valence-electron chi connectivity index (χ2n) is 12.0. The quantitative estimate of drug-likeness (QED) is 0.405. The van der Waals surface area contributed by atoms with E-state index in [4.69, 9.17) is 0 Å². The minimum atomic E-state index is -4.60. The highest BCUT2D eigenvalue weighted by molar-refractivity contribution is 6.04. The van der Waals surface area contributed by atoms with Gasteiger partial charge in [-0.05, 0) is 85.7 Å². The Labute approximate surface area is 230 Å². The Morgan fingerprint density at radius 3 is 2.58 bits per heavy atom. The summed E-state index contributed by atoms with van der Waals surface area (Å²) < 4.78 is 42.2. The molecule has 2 N–H and O–H groups in total. The van der Waals surface area contributed by atoms with Crippen LogP contribution in [0, 0.1) is 11.3 Å². The number of aromatic nitrogens is 4. The molecule has 0 radical (unpaired) electrons. The average molecular weight is 555 g/mol. The molecule has 3 aliphatic rings. The lowest BCUT2D eigenvalue weighted by Gasteiger charge is -2.60. The van der Waals surface area contributed by atoms with Crippen molar-refractivity contribution >= 4 is 11.6 Å². The molecule has 2 aromatic heterocycles. The van der Waals surface area contributed by atoms with Crippen molar-refractivity contribution in [2.75, 3.05) is 11.9 Å². The molecule has 0 aliphatic heterocycles. The number of amides is 1. The maximum Gasteiger partial charge on any atom is 0.406 e. The Bertz CT molecular complexity index is 1480. The first kappa shape index (κ1) is 26.7. The Morgan fingerprint density at radius 1 is 1.18 bits per heavy atom. The Balaban J connectivity index is 1.27. The molecular weight excluding hydrogens is 521 g/mol. The van der Waals surface area contributed by atoms with Gasteiger partial charge in [-0.15, -0.1) is 10.2 Å². The number of aryl methyl sites for hydroxylation is 1. The fraction of sp³-hybridized carbons (Fsp3) is 0.517. The number of hydrogen-bond donors (Lipinski definition) is 2. The van der Waals surface area contributed by atoms with Crippen molar-refractivity contribution in [2.45, 2.75) is 69.6 Å². The summed E-state index contributed by atoms with van der Waals surface area (Å²) >= 11 is 0. The number of halogens is 3. The lowest BCUT2D eigenvalue weighted by molar-refractivity contribution is -0.141. The lowest BCUT2D eigenvalue weighted by Crippen LogP contribution is -2.54. The van der Waals surface area contributed by atoms with Gasteiger partial charge in [0.2, 0.25) is 0 Å².